The van der Waals surface area contributed by atoms with Crippen molar-refractivity contribution in [2.24, 2.45) is 5.92 Å². The second kappa shape index (κ2) is 7.79. The largest absolute Gasteiger partial charge is 0.356 e. The van der Waals surface area contributed by atoms with Gasteiger partial charge >= 0.3 is 0 Å². The minimum absolute atomic E-state index is 0.879. The molecule has 0 saturated heterocycles. The lowest BCUT2D eigenvalue weighted by molar-refractivity contribution is 0.318. The zero-order chi connectivity index (χ0) is 15.2. The Morgan fingerprint density at radius 1 is 1.29 bits per heavy atom. The molecule has 3 nitrogen and oxygen atoms in total. The third-order valence-corrected chi connectivity index (χ3v) is 4.57. The van der Waals surface area contributed by atoms with Crippen LogP contribution in [0.2, 0.25) is 0 Å². The van der Waals surface area contributed by atoms with E-state index in [1.807, 2.05) is 0 Å². The van der Waals surface area contributed by atoms with Crippen molar-refractivity contribution >= 4 is 5.82 Å². The number of anilines is 1. The van der Waals surface area contributed by atoms with Crippen LogP contribution in [-0.4, -0.2) is 24.6 Å². The molecule has 1 aliphatic rings. The van der Waals surface area contributed by atoms with E-state index in [0.29, 0.717) is 0 Å². The molecule has 1 fully saturated rings. The summed E-state index contributed by atoms with van der Waals surface area (Å²) in [4.78, 5) is 7.37. The molecule has 2 rings (SSSR count). The molecule has 1 aliphatic carbocycles. The first-order chi connectivity index (χ1) is 10.2. The Morgan fingerprint density at radius 2 is 2.05 bits per heavy atom. The predicted octanol–water partition coefficient (Wildman–Crippen LogP) is 3.82. The predicted molar refractivity (Wildman–Crippen MR) is 90.9 cm³/mol. The second-order valence-electron chi connectivity index (χ2n) is 6.40. The van der Waals surface area contributed by atoms with E-state index in [9.17, 15) is 0 Å². The van der Waals surface area contributed by atoms with Gasteiger partial charge in [0.1, 0.15) is 5.82 Å². The smallest absolute Gasteiger partial charge is 0.133 e. The Balaban J connectivity index is 2.20. The van der Waals surface area contributed by atoms with E-state index in [1.165, 1.54) is 49.2 Å². The van der Waals surface area contributed by atoms with Gasteiger partial charge in [-0.15, -0.1) is 0 Å². The van der Waals surface area contributed by atoms with Crippen molar-refractivity contribution in [1.82, 2.24) is 10.3 Å². The van der Waals surface area contributed by atoms with Crippen LogP contribution in [0.5, 0.6) is 0 Å². The van der Waals surface area contributed by atoms with Crippen molar-refractivity contribution in [3.05, 3.63) is 22.9 Å². The van der Waals surface area contributed by atoms with Crippen LogP contribution >= 0.6 is 0 Å². The number of nitrogens with one attached hydrogen (secondary N) is 1. The van der Waals surface area contributed by atoms with Crippen LogP contribution in [0.15, 0.2) is 6.07 Å². The van der Waals surface area contributed by atoms with E-state index in [1.54, 1.807) is 0 Å². The standard InChI is InChI=1S/C18H31N3/c1-5-10-19-12-17-14(3)11-15(4)20-18(17)21(6-2)13-16-8-7-9-16/h11,16,19H,5-10,12-13H2,1-4H3. The molecule has 21 heavy (non-hydrogen) atoms. The van der Waals surface area contributed by atoms with Crippen LogP contribution in [-0.2, 0) is 6.54 Å². The maximum atomic E-state index is 4.88. The lowest BCUT2D eigenvalue weighted by Crippen LogP contribution is -2.34. The third-order valence-electron chi connectivity index (χ3n) is 4.57. The second-order valence-corrected chi connectivity index (χ2v) is 6.40. The SMILES string of the molecule is CCCNCc1c(C)cc(C)nc1N(CC)CC1CCC1. The van der Waals surface area contributed by atoms with Crippen molar-refractivity contribution in [1.29, 1.82) is 0 Å². The van der Waals surface area contributed by atoms with E-state index >= 15 is 0 Å². The van der Waals surface area contributed by atoms with Crippen molar-refractivity contribution < 1.29 is 0 Å². The van der Waals surface area contributed by atoms with E-state index in [4.69, 9.17) is 4.98 Å². The van der Waals surface area contributed by atoms with Crippen molar-refractivity contribution in [3.8, 4) is 0 Å². The Labute approximate surface area is 130 Å². The van der Waals surface area contributed by atoms with Crippen LogP contribution in [0.25, 0.3) is 0 Å². The minimum Gasteiger partial charge on any atom is -0.356 e. The summed E-state index contributed by atoms with van der Waals surface area (Å²) >= 11 is 0. The molecular formula is C18H31N3. The van der Waals surface area contributed by atoms with Gasteiger partial charge in [-0.05, 0) is 64.1 Å². The molecule has 3 heteroatoms. The van der Waals surface area contributed by atoms with Gasteiger partial charge < -0.3 is 10.2 Å². The van der Waals surface area contributed by atoms with E-state index in [2.05, 4.69) is 44.0 Å². The Morgan fingerprint density at radius 3 is 2.62 bits per heavy atom. The van der Waals surface area contributed by atoms with Gasteiger partial charge in [0.15, 0.2) is 0 Å². The molecule has 0 spiro atoms. The van der Waals surface area contributed by atoms with Crippen LogP contribution in [0.3, 0.4) is 0 Å². The third kappa shape index (κ3) is 4.19. The maximum absolute atomic E-state index is 4.88. The number of hydrogen-bond donors (Lipinski definition) is 1. The highest BCUT2D eigenvalue weighted by molar-refractivity contribution is 5.51. The summed E-state index contributed by atoms with van der Waals surface area (Å²) in [5, 5.41) is 3.55. The molecule has 0 aliphatic heterocycles. The fourth-order valence-corrected chi connectivity index (χ4v) is 3.07. The molecule has 1 saturated carbocycles. The fourth-order valence-electron chi connectivity index (χ4n) is 3.07. The van der Waals surface area contributed by atoms with Gasteiger partial charge in [0.05, 0.1) is 0 Å². The summed E-state index contributed by atoms with van der Waals surface area (Å²) in [6.45, 7) is 13.0. The summed E-state index contributed by atoms with van der Waals surface area (Å²) in [5.74, 6) is 2.09. The van der Waals surface area contributed by atoms with E-state index in [0.717, 1.165) is 31.2 Å². The highest BCUT2D eigenvalue weighted by Crippen LogP contribution is 2.30. The molecule has 118 valence electrons. The van der Waals surface area contributed by atoms with Gasteiger partial charge in [-0.1, -0.05) is 13.3 Å². The first kappa shape index (κ1) is 16.3. The van der Waals surface area contributed by atoms with E-state index < -0.39 is 0 Å². The van der Waals surface area contributed by atoms with Gasteiger partial charge in [0.2, 0.25) is 0 Å². The number of hydrogen-bond acceptors (Lipinski definition) is 3. The van der Waals surface area contributed by atoms with E-state index in [-0.39, 0.29) is 0 Å². The quantitative estimate of drug-likeness (QED) is 0.737. The molecule has 0 aromatic carbocycles. The molecule has 0 amide bonds. The highest BCUT2D eigenvalue weighted by Gasteiger charge is 2.22. The zero-order valence-corrected chi connectivity index (χ0v) is 14.2. The van der Waals surface area contributed by atoms with Crippen LogP contribution < -0.4 is 10.2 Å². The summed E-state index contributed by atoms with van der Waals surface area (Å²) in [7, 11) is 0. The van der Waals surface area contributed by atoms with Gasteiger partial charge in [0, 0.05) is 30.9 Å². The summed E-state index contributed by atoms with van der Waals surface area (Å²) < 4.78 is 0. The molecule has 1 N–H and O–H groups in total. The number of aryl methyl sites for hydroxylation is 2. The number of rotatable bonds is 8. The molecule has 0 bridgehead atoms. The lowest BCUT2D eigenvalue weighted by Gasteiger charge is -2.34. The number of nitrogens with zero attached hydrogens (tertiary/aromatic N) is 2. The normalized spacial score (nSPS) is 15.0. The molecule has 0 atom stereocenters. The Hall–Kier alpha value is -1.09. The fraction of sp³-hybridized carbons (Fsp3) is 0.722. The van der Waals surface area contributed by atoms with Crippen molar-refractivity contribution in [2.45, 2.75) is 59.9 Å². The first-order valence-electron chi connectivity index (χ1n) is 8.58. The number of aromatic nitrogens is 1. The average molecular weight is 289 g/mol. The van der Waals surface area contributed by atoms with Gasteiger partial charge in [-0.2, -0.15) is 0 Å². The minimum atomic E-state index is 0.879. The van der Waals surface area contributed by atoms with Gasteiger partial charge in [0.25, 0.3) is 0 Å². The topological polar surface area (TPSA) is 28.2 Å². The molecule has 1 aromatic heterocycles. The molecule has 0 radical (unpaired) electrons. The van der Waals surface area contributed by atoms with Crippen LogP contribution in [0.1, 0.15) is 56.4 Å². The van der Waals surface area contributed by atoms with Crippen molar-refractivity contribution in [2.75, 3.05) is 24.5 Å². The lowest BCUT2D eigenvalue weighted by atomic mass is 9.85. The summed E-state index contributed by atoms with van der Waals surface area (Å²) in [5.41, 5.74) is 3.89. The molecule has 1 heterocycles. The van der Waals surface area contributed by atoms with Crippen LogP contribution in [0, 0.1) is 19.8 Å². The van der Waals surface area contributed by atoms with Crippen molar-refractivity contribution in [3.63, 3.8) is 0 Å². The van der Waals surface area contributed by atoms with Gasteiger partial charge in [-0.25, -0.2) is 4.98 Å². The Bertz CT molecular complexity index is 452. The Kier molecular flexibility index (Phi) is 6.04. The monoisotopic (exact) mass is 289 g/mol. The summed E-state index contributed by atoms with van der Waals surface area (Å²) in [6, 6.07) is 2.21. The maximum Gasteiger partial charge on any atom is 0.133 e. The molecule has 1 aromatic rings. The van der Waals surface area contributed by atoms with Gasteiger partial charge in [-0.3, -0.25) is 0 Å². The summed E-state index contributed by atoms with van der Waals surface area (Å²) in [6.07, 6.45) is 5.37. The molecular weight excluding hydrogens is 258 g/mol. The number of pyridine rings is 1. The zero-order valence-electron chi connectivity index (χ0n) is 14.2. The molecule has 0 unspecified atom stereocenters. The first-order valence-corrected chi connectivity index (χ1v) is 8.58. The highest BCUT2D eigenvalue weighted by atomic mass is 15.2. The van der Waals surface area contributed by atoms with Crippen LogP contribution in [0.4, 0.5) is 5.82 Å². The average Bonchev–Trinajstić information content (AvgIpc) is 2.40.